The number of carbonyl (C=O) groups excluding carboxylic acids is 1. The summed E-state index contributed by atoms with van der Waals surface area (Å²) in [7, 11) is -2.57. The Bertz CT molecular complexity index is 1220. The van der Waals surface area contributed by atoms with E-state index >= 15 is 0 Å². The summed E-state index contributed by atoms with van der Waals surface area (Å²) in [4.78, 5) is 17.0. The van der Waals surface area contributed by atoms with Gasteiger partial charge in [0.05, 0.1) is 18.6 Å². The average Bonchev–Trinajstić information content (AvgIpc) is 3.40. The molecule has 2 aromatic carbocycles. The van der Waals surface area contributed by atoms with Crippen LogP contribution in [0, 0.1) is 0 Å². The second-order valence-electron chi connectivity index (χ2n) is 8.57. The van der Waals surface area contributed by atoms with E-state index < -0.39 is 22.2 Å². The SMILES string of the molecule is CN(C(=O)Cc1cc2ccccc2o1)C(CN1CCC(O)C1)c1cccc(OCS(=O)(=O)O)c1. The minimum absolute atomic E-state index is 0.0866. The first-order valence-electron chi connectivity index (χ1n) is 11.0. The molecule has 1 amide bonds. The van der Waals surface area contributed by atoms with Crippen LogP contribution in [0.2, 0.25) is 0 Å². The Kier molecular flexibility index (Phi) is 7.22. The molecule has 0 aliphatic carbocycles. The molecule has 4 rings (SSSR count). The van der Waals surface area contributed by atoms with Crippen LogP contribution in [0.15, 0.2) is 59.0 Å². The first-order valence-corrected chi connectivity index (χ1v) is 12.6. The minimum Gasteiger partial charge on any atom is -0.475 e. The Hall–Kier alpha value is -2.92. The lowest BCUT2D eigenvalue weighted by molar-refractivity contribution is -0.132. The number of rotatable bonds is 9. The summed E-state index contributed by atoms with van der Waals surface area (Å²) in [5, 5.41) is 10.9. The molecule has 0 bridgehead atoms. The van der Waals surface area contributed by atoms with Gasteiger partial charge in [-0.3, -0.25) is 14.2 Å². The molecule has 1 aliphatic rings. The first kappa shape index (κ1) is 24.2. The van der Waals surface area contributed by atoms with E-state index in [0.29, 0.717) is 31.8 Å². The van der Waals surface area contributed by atoms with Crippen LogP contribution in [0.1, 0.15) is 23.8 Å². The normalized spacial score (nSPS) is 17.7. The molecular weight excluding hydrogens is 460 g/mol. The third-order valence-corrected chi connectivity index (χ3v) is 6.37. The molecule has 10 heteroatoms. The van der Waals surface area contributed by atoms with Crippen molar-refractivity contribution in [1.82, 2.24) is 9.80 Å². The fourth-order valence-electron chi connectivity index (χ4n) is 4.20. The van der Waals surface area contributed by atoms with Crippen molar-refractivity contribution in [3.63, 3.8) is 0 Å². The van der Waals surface area contributed by atoms with Crippen molar-refractivity contribution in [2.45, 2.75) is 25.0 Å². The van der Waals surface area contributed by atoms with Gasteiger partial charge in [0.2, 0.25) is 11.8 Å². The Morgan fingerprint density at radius 1 is 1.24 bits per heavy atom. The van der Waals surface area contributed by atoms with Gasteiger partial charge in [0, 0.05) is 32.1 Å². The van der Waals surface area contributed by atoms with Crippen LogP contribution in [-0.4, -0.2) is 72.5 Å². The molecule has 2 unspecified atom stereocenters. The second-order valence-corrected chi connectivity index (χ2v) is 9.97. The summed E-state index contributed by atoms with van der Waals surface area (Å²) in [5.41, 5.74) is 1.47. The van der Waals surface area contributed by atoms with Crippen LogP contribution in [-0.2, 0) is 21.3 Å². The molecule has 1 saturated heterocycles. The number of para-hydroxylation sites is 1. The standard InChI is InChI=1S/C24H28N2O7S/c1-25(24(28)13-21-12-18-5-2-3-8-23(18)33-21)22(15-26-10-9-19(27)14-26)17-6-4-7-20(11-17)32-16-34(29,30)31/h2-8,11-12,19,22,27H,9-10,13-16H2,1H3,(H,29,30,31). The number of aliphatic hydroxyl groups excluding tert-OH is 1. The van der Waals surface area contributed by atoms with Gasteiger partial charge in [-0.05, 0) is 36.2 Å². The van der Waals surface area contributed by atoms with Crippen molar-refractivity contribution in [3.8, 4) is 5.75 Å². The van der Waals surface area contributed by atoms with E-state index in [1.54, 1.807) is 30.1 Å². The Labute approximate surface area is 198 Å². The summed E-state index contributed by atoms with van der Waals surface area (Å²) in [5.74, 6) is -0.174. The highest BCUT2D eigenvalue weighted by molar-refractivity contribution is 7.85. The van der Waals surface area contributed by atoms with E-state index in [1.807, 2.05) is 36.4 Å². The van der Waals surface area contributed by atoms with Crippen molar-refractivity contribution in [2.24, 2.45) is 0 Å². The number of β-amino-alcohol motifs (C(OH)–C–C–N with tert-alkyl or cyclic N) is 1. The fourth-order valence-corrected chi connectivity index (χ4v) is 4.48. The predicted octanol–water partition coefficient (Wildman–Crippen LogP) is 2.47. The number of nitrogens with zero attached hydrogens (tertiary/aromatic N) is 2. The third-order valence-electron chi connectivity index (χ3n) is 5.96. The van der Waals surface area contributed by atoms with E-state index in [2.05, 4.69) is 4.90 Å². The predicted molar refractivity (Wildman–Crippen MR) is 126 cm³/mol. The summed E-state index contributed by atoms with van der Waals surface area (Å²) in [6.45, 7) is 1.71. The van der Waals surface area contributed by atoms with Gasteiger partial charge in [-0.15, -0.1) is 0 Å². The number of carbonyl (C=O) groups is 1. The van der Waals surface area contributed by atoms with Crippen LogP contribution >= 0.6 is 0 Å². The lowest BCUT2D eigenvalue weighted by Gasteiger charge is -2.32. The van der Waals surface area contributed by atoms with E-state index in [4.69, 9.17) is 13.7 Å². The van der Waals surface area contributed by atoms with Crippen molar-refractivity contribution in [3.05, 3.63) is 65.9 Å². The maximum absolute atomic E-state index is 13.2. The largest absolute Gasteiger partial charge is 0.475 e. The fraction of sp³-hybridized carbons (Fsp3) is 0.375. The number of hydrogen-bond donors (Lipinski definition) is 2. The molecule has 3 aromatic rings. The molecule has 0 radical (unpaired) electrons. The second kappa shape index (κ2) is 10.1. The lowest BCUT2D eigenvalue weighted by atomic mass is 10.0. The molecule has 1 aromatic heterocycles. The molecule has 182 valence electrons. The van der Waals surface area contributed by atoms with E-state index in [0.717, 1.165) is 16.5 Å². The van der Waals surface area contributed by atoms with E-state index in [9.17, 15) is 18.3 Å². The summed E-state index contributed by atoms with van der Waals surface area (Å²) >= 11 is 0. The first-order chi connectivity index (χ1) is 16.2. The molecule has 2 atom stereocenters. The van der Waals surface area contributed by atoms with Gasteiger partial charge in [0.15, 0.2) is 0 Å². The maximum Gasteiger partial charge on any atom is 0.300 e. The van der Waals surface area contributed by atoms with Crippen LogP contribution in [0.4, 0.5) is 0 Å². The van der Waals surface area contributed by atoms with Gasteiger partial charge in [-0.25, -0.2) is 0 Å². The third kappa shape index (κ3) is 6.15. The zero-order valence-corrected chi connectivity index (χ0v) is 19.6. The molecule has 34 heavy (non-hydrogen) atoms. The molecule has 0 spiro atoms. The van der Waals surface area contributed by atoms with Crippen molar-refractivity contribution in [2.75, 3.05) is 32.6 Å². The minimum atomic E-state index is -4.29. The highest BCUT2D eigenvalue weighted by atomic mass is 32.2. The summed E-state index contributed by atoms with van der Waals surface area (Å²) in [6.07, 6.45) is 0.353. The lowest BCUT2D eigenvalue weighted by Crippen LogP contribution is -2.39. The van der Waals surface area contributed by atoms with Crippen molar-refractivity contribution >= 4 is 27.0 Å². The van der Waals surface area contributed by atoms with Crippen LogP contribution < -0.4 is 4.74 Å². The maximum atomic E-state index is 13.2. The monoisotopic (exact) mass is 488 g/mol. The smallest absolute Gasteiger partial charge is 0.300 e. The number of benzene rings is 2. The topological polar surface area (TPSA) is 121 Å². The number of fused-ring (bicyclic) bond motifs is 1. The quantitative estimate of drug-likeness (QED) is 0.441. The number of furan rings is 1. The molecule has 2 N–H and O–H groups in total. The van der Waals surface area contributed by atoms with Gasteiger partial charge < -0.3 is 19.2 Å². The van der Waals surface area contributed by atoms with Crippen molar-refractivity contribution in [1.29, 1.82) is 0 Å². The molecule has 1 aliphatic heterocycles. The number of likely N-dealkylation sites (tertiary alicyclic amines) is 1. The number of aliphatic hydroxyl groups is 1. The van der Waals surface area contributed by atoms with Gasteiger partial charge >= 0.3 is 10.1 Å². The highest BCUT2D eigenvalue weighted by Crippen LogP contribution is 2.28. The molecule has 9 nitrogen and oxygen atoms in total. The van der Waals surface area contributed by atoms with Crippen LogP contribution in [0.3, 0.4) is 0 Å². The zero-order chi connectivity index (χ0) is 24.3. The zero-order valence-electron chi connectivity index (χ0n) is 18.8. The van der Waals surface area contributed by atoms with Gasteiger partial charge in [0.1, 0.15) is 17.1 Å². The van der Waals surface area contributed by atoms with Gasteiger partial charge in [-0.2, -0.15) is 8.42 Å². The Morgan fingerprint density at radius 2 is 2.03 bits per heavy atom. The van der Waals surface area contributed by atoms with E-state index in [-0.39, 0.29) is 24.1 Å². The average molecular weight is 489 g/mol. The van der Waals surface area contributed by atoms with Crippen LogP contribution in [0.5, 0.6) is 5.75 Å². The summed E-state index contributed by atoms with van der Waals surface area (Å²) < 4.78 is 42.1. The number of hydrogen-bond acceptors (Lipinski definition) is 7. The summed E-state index contributed by atoms with van der Waals surface area (Å²) in [6, 6.07) is 15.8. The van der Waals surface area contributed by atoms with Gasteiger partial charge in [0.25, 0.3) is 0 Å². The molecule has 0 saturated carbocycles. The molecule has 1 fully saturated rings. The van der Waals surface area contributed by atoms with E-state index in [1.165, 1.54) is 0 Å². The Balaban J connectivity index is 1.55. The number of amides is 1. The van der Waals surface area contributed by atoms with Crippen LogP contribution in [0.25, 0.3) is 11.0 Å². The Morgan fingerprint density at radius 3 is 2.74 bits per heavy atom. The highest BCUT2D eigenvalue weighted by Gasteiger charge is 2.29. The molecule has 2 heterocycles. The number of likely N-dealkylation sites (N-methyl/N-ethyl adjacent to an activating group) is 1. The van der Waals surface area contributed by atoms with Gasteiger partial charge in [-0.1, -0.05) is 30.3 Å². The number of ether oxygens (including phenoxy) is 1. The molecular formula is C24H28N2O7S. The van der Waals surface area contributed by atoms with Crippen molar-refractivity contribution < 1.29 is 32.0 Å².